The van der Waals surface area contributed by atoms with Gasteiger partial charge in [0.1, 0.15) is 12.3 Å². The molecule has 170 valence electrons. The fraction of sp³-hybridized carbons (Fsp3) is 0.192. The zero-order valence-corrected chi connectivity index (χ0v) is 19.4. The normalized spacial score (nSPS) is 11.5. The van der Waals surface area contributed by atoms with Gasteiger partial charge in [-0.15, -0.1) is 0 Å². The summed E-state index contributed by atoms with van der Waals surface area (Å²) in [6.07, 6.45) is 2.25. The van der Waals surface area contributed by atoms with E-state index in [1.165, 1.54) is 0 Å². The minimum absolute atomic E-state index is 0.0343. The highest BCUT2D eigenvalue weighted by Gasteiger charge is 2.23. The maximum atomic E-state index is 13.3. The summed E-state index contributed by atoms with van der Waals surface area (Å²) in [6, 6.07) is 21.7. The van der Waals surface area contributed by atoms with E-state index in [9.17, 15) is 13.2 Å². The molecule has 0 bridgehead atoms. The Morgan fingerprint density at radius 1 is 0.970 bits per heavy atom. The average Bonchev–Trinajstić information content (AvgIpc) is 3.19. The van der Waals surface area contributed by atoms with Crippen molar-refractivity contribution in [3.63, 3.8) is 0 Å². The molecule has 1 aromatic heterocycles. The number of hydrogen-bond acceptors (Lipinski definition) is 4. The fourth-order valence-electron chi connectivity index (χ4n) is 3.75. The maximum Gasteiger partial charge on any atom is 0.239 e. The standard InChI is InChI=1S/C26H26N2O4S/c1-19-7-13-22(14-8-19)33(30,31)25-17-28(24-6-4-3-5-23(24)25)18-26(29)27-16-15-20-9-11-21(32-2)12-10-20/h3-14,17H,15-16,18H2,1-2H3,(H,27,29). The van der Waals surface area contributed by atoms with Crippen molar-refractivity contribution in [2.75, 3.05) is 13.7 Å². The van der Waals surface area contributed by atoms with E-state index in [0.717, 1.165) is 16.9 Å². The second kappa shape index (κ2) is 9.50. The predicted molar refractivity (Wildman–Crippen MR) is 128 cm³/mol. The van der Waals surface area contributed by atoms with Crippen LogP contribution in [0.3, 0.4) is 0 Å². The third-order valence-electron chi connectivity index (χ3n) is 5.58. The highest BCUT2D eigenvalue weighted by molar-refractivity contribution is 7.91. The minimum Gasteiger partial charge on any atom is -0.497 e. The van der Waals surface area contributed by atoms with Gasteiger partial charge in [-0.3, -0.25) is 4.79 Å². The Labute approximate surface area is 193 Å². The van der Waals surface area contributed by atoms with E-state index in [0.29, 0.717) is 23.9 Å². The molecule has 4 rings (SSSR count). The number of aromatic nitrogens is 1. The molecule has 0 aliphatic rings. The molecule has 7 heteroatoms. The van der Waals surface area contributed by atoms with E-state index >= 15 is 0 Å². The second-order valence-corrected chi connectivity index (χ2v) is 9.82. The molecule has 3 aromatic carbocycles. The highest BCUT2D eigenvalue weighted by atomic mass is 32.2. The van der Waals surface area contributed by atoms with Crippen LogP contribution in [0.2, 0.25) is 0 Å². The molecular formula is C26H26N2O4S. The van der Waals surface area contributed by atoms with Crippen molar-refractivity contribution in [1.29, 1.82) is 0 Å². The average molecular weight is 463 g/mol. The van der Waals surface area contributed by atoms with Crippen LogP contribution in [0, 0.1) is 6.92 Å². The molecule has 0 saturated heterocycles. The van der Waals surface area contributed by atoms with Crippen LogP contribution in [0.1, 0.15) is 11.1 Å². The maximum absolute atomic E-state index is 13.3. The summed E-state index contributed by atoms with van der Waals surface area (Å²) in [5.41, 5.74) is 2.78. The summed E-state index contributed by atoms with van der Waals surface area (Å²) in [7, 11) is -2.10. The molecular weight excluding hydrogens is 436 g/mol. The van der Waals surface area contributed by atoms with Crippen LogP contribution in [-0.2, 0) is 27.6 Å². The van der Waals surface area contributed by atoms with Crippen molar-refractivity contribution in [3.8, 4) is 5.75 Å². The SMILES string of the molecule is COc1ccc(CCNC(=O)Cn2cc(S(=O)(=O)c3ccc(C)cc3)c3ccccc32)cc1. The number of nitrogens with one attached hydrogen (secondary N) is 1. The van der Waals surface area contributed by atoms with E-state index < -0.39 is 9.84 Å². The number of nitrogens with zero attached hydrogens (tertiary/aromatic N) is 1. The smallest absolute Gasteiger partial charge is 0.239 e. The lowest BCUT2D eigenvalue weighted by Crippen LogP contribution is -2.29. The second-order valence-electron chi connectivity index (χ2n) is 7.90. The Kier molecular flexibility index (Phi) is 6.51. The number of ether oxygens (including phenoxy) is 1. The lowest BCUT2D eigenvalue weighted by Gasteiger charge is -2.08. The topological polar surface area (TPSA) is 77.4 Å². The number of carbonyl (C=O) groups excluding carboxylic acids is 1. The molecule has 0 atom stereocenters. The first-order valence-corrected chi connectivity index (χ1v) is 12.2. The Balaban J connectivity index is 1.51. The van der Waals surface area contributed by atoms with Gasteiger partial charge in [-0.25, -0.2) is 8.42 Å². The number of benzene rings is 3. The van der Waals surface area contributed by atoms with E-state index in [1.54, 1.807) is 54.3 Å². The van der Waals surface area contributed by atoms with Crippen LogP contribution in [0.25, 0.3) is 10.9 Å². The van der Waals surface area contributed by atoms with E-state index in [-0.39, 0.29) is 22.2 Å². The summed E-state index contributed by atoms with van der Waals surface area (Å²) < 4.78 is 33.5. The fourth-order valence-corrected chi connectivity index (χ4v) is 5.23. The quantitative estimate of drug-likeness (QED) is 0.427. The number of fused-ring (bicyclic) bond motifs is 1. The van der Waals surface area contributed by atoms with Crippen LogP contribution < -0.4 is 10.1 Å². The van der Waals surface area contributed by atoms with Crippen molar-refractivity contribution in [1.82, 2.24) is 9.88 Å². The van der Waals surface area contributed by atoms with Crippen molar-refractivity contribution in [2.45, 2.75) is 29.7 Å². The number of rotatable bonds is 8. The number of methoxy groups -OCH3 is 1. The summed E-state index contributed by atoms with van der Waals surface area (Å²) in [5, 5.41) is 3.52. The van der Waals surface area contributed by atoms with Gasteiger partial charge in [-0.05, 0) is 49.2 Å². The molecule has 0 aliphatic heterocycles. The molecule has 1 heterocycles. The minimum atomic E-state index is -3.72. The molecule has 0 fully saturated rings. The van der Waals surface area contributed by atoms with Crippen LogP contribution in [0.5, 0.6) is 5.75 Å². The van der Waals surface area contributed by atoms with Crippen LogP contribution in [-0.4, -0.2) is 32.5 Å². The summed E-state index contributed by atoms with van der Waals surface area (Å²) in [4.78, 5) is 13.0. The van der Waals surface area contributed by atoms with Crippen LogP contribution in [0.4, 0.5) is 0 Å². The molecule has 0 saturated carbocycles. The first kappa shape index (κ1) is 22.6. The number of hydrogen-bond donors (Lipinski definition) is 1. The monoisotopic (exact) mass is 462 g/mol. The third kappa shape index (κ3) is 4.93. The van der Waals surface area contributed by atoms with Gasteiger partial charge < -0.3 is 14.6 Å². The van der Waals surface area contributed by atoms with E-state index in [1.807, 2.05) is 43.3 Å². The number of carbonyl (C=O) groups is 1. The number of amides is 1. The third-order valence-corrected chi connectivity index (χ3v) is 7.38. The summed E-state index contributed by atoms with van der Waals surface area (Å²) in [6.45, 7) is 2.43. The van der Waals surface area contributed by atoms with Gasteiger partial charge in [0.2, 0.25) is 15.7 Å². The summed E-state index contributed by atoms with van der Waals surface area (Å²) >= 11 is 0. The van der Waals surface area contributed by atoms with Gasteiger partial charge in [0.05, 0.1) is 16.9 Å². The van der Waals surface area contributed by atoms with E-state index in [2.05, 4.69) is 5.32 Å². The van der Waals surface area contributed by atoms with Gasteiger partial charge in [-0.1, -0.05) is 48.0 Å². The van der Waals surface area contributed by atoms with E-state index in [4.69, 9.17) is 4.74 Å². The molecule has 0 radical (unpaired) electrons. The Hall–Kier alpha value is -3.58. The lowest BCUT2D eigenvalue weighted by atomic mass is 10.1. The highest BCUT2D eigenvalue weighted by Crippen LogP contribution is 2.30. The summed E-state index contributed by atoms with van der Waals surface area (Å²) in [5.74, 6) is 0.613. The van der Waals surface area contributed by atoms with Crippen molar-refractivity contribution in [2.24, 2.45) is 0 Å². The predicted octanol–water partition coefficient (Wildman–Crippen LogP) is 4.15. The Morgan fingerprint density at radius 2 is 1.67 bits per heavy atom. The molecule has 1 amide bonds. The molecule has 1 N–H and O–H groups in total. The van der Waals surface area contributed by atoms with Crippen molar-refractivity contribution in [3.05, 3.63) is 90.1 Å². The molecule has 6 nitrogen and oxygen atoms in total. The zero-order valence-electron chi connectivity index (χ0n) is 18.6. The number of sulfone groups is 1. The Morgan fingerprint density at radius 3 is 2.36 bits per heavy atom. The Bertz CT molecular complexity index is 1370. The van der Waals surface area contributed by atoms with Crippen molar-refractivity contribution >= 4 is 26.6 Å². The first-order chi connectivity index (χ1) is 15.9. The van der Waals surface area contributed by atoms with Gasteiger partial charge in [0.25, 0.3) is 0 Å². The van der Waals surface area contributed by atoms with Gasteiger partial charge in [-0.2, -0.15) is 0 Å². The number of para-hydroxylation sites is 1. The van der Waals surface area contributed by atoms with Crippen LogP contribution >= 0.6 is 0 Å². The van der Waals surface area contributed by atoms with Gasteiger partial charge >= 0.3 is 0 Å². The molecule has 0 unspecified atom stereocenters. The lowest BCUT2D eigenvalue weighted by molar-refractivity contribution is -0.121. The molecule has 0 spiro atoms. The van der Waals surface area contributed by atoms with Crippen molar-refractivity contribution < 1.29 is 17.9 Å². The molecule has 4 aromatic rings. The van der Waals surface area contributed by atoms with Gasteiger partial charge in [0.15, 0.2) is 0 Å². The number of aryl methyl sites for hydroxylation is 1. The largest absolute Gasteiger partial charge is 0.497 e. The molecule has 0 aliphatic carbocycles. The first-order valence-electron chi connectivity index (χ1n) is 10.7. The van der Waals surface area contributed by atoms with Gasteiger partial charge in [0, 0.05) is 23.6 Å². The molecule has 33 heavy (non-hydrogen) atoms. The van der Waals surface area contributed by atoms with Crippen LogP contribution in [0.15, 0.2) is 88.8 Å². The zero-order chi connectivity index (χ0) is 23.4.